The monoisotopic (exact) mass is 470 g/mol. The second-order valence-corrected chi connectivity index (χ2v) is 9.57. The highest BCUT2D eigenvalue weighted by atomic mass is 16.2. The summed E-state index contributed by atoms with van der Waals surface area (Å²) in [5.41, 5.74) is 11.6. The summed E-state index contributed by atoms with van der Waals surface area (Å²) in [6.07, 6.45) is 5.95. The highest BCUT2D eigenvalue weighted by Gasteiger charge is 2.23. The van der Waals surface area contributed by atoms with Gasteiger partial charge < -0.3 is 16.4 Å². The molecule has 182 valence electrons. The van der Waals surface area contributed by atoms with E-state index in [2.05, 4.69) is 22.8 Å². The third kappa shape index (κ3) is 6.55. The topological polar surface area (TPSA) is 97.1 Å². The molecule has 3 aromatic rings. The minimum absolute atomic E-state index is 0.00262. The van der Waals surface area contributed by atoms with Crippen molar-refractivity contribution in [2.45, 2.75) is 58.0 Å². The first-order chi connectivity index (χ1) is 16.9. The summed E-state index contributed by atoms with van der Waals surface area (Å²) in [4.78, 5) is 28.8. The Kier molecular flexibility index (Phi) is 7.93. The molecule has 4 N–H and O–H groups in total. The number of nitrogens with one attached hydrogen (secondary N) is 2. The molecule has 0 aliphatic heterocycles. The molecule has 1 aliphatic rings. The molecule has 1 saturated carbocycles. The van der Waals surface area contributed by atoms with Gasteiger partial charge in [-0.25, -0.2) is 0 Å². The minimum atomic E-state index is -0.0244. The lowest BCUT2D eigenvalue weighted by Gasteiger charge is -2.28. The Morgan fingerprint density at radius 1 is 1.00 bits per heavy atom. The van der Waals surface area contributed by atoms with E-state index in [1.165, 1.54) is 0 Å². The predicted molar refractivity (Wildman–Crippen MR) is 141 cm³/mol. The lowest BCUT2D eigenvalue weighted by atomic mass is 9.84. The fraction of sp³-hybridized carbons (Fsp3) is 0.345. The number of nitrogens with two attached hydrogens (primary N) is 1. The summed E-state index contributed by atoms with van der Waals surface area (Å²) < 4.78 is 0. The molecule has 2 amide bonds. The highest BCUT2D eigenvalue weighted by molar-refractivity contribution is 5.93. The third-order valence-electron chi connectivity index (χ3n) is 6.69. The highest BCUT2D eigenvalue weighted by Crippen LogP contribution is 2.33. The van der Waals surface area contributed by atoms with E-state index in [-0.39, 0.29) is 23.9 Å². The Balaban J connectivity index is 1.49. The zero-order chi connectivity index (χ0) is 24.8. The van der Waals surface area contributed by atoms with Crippen LogP contribution < -0.4 is 16.4 Å². The van der Waals surface area contributed by atoms with Crippen LogP contribution in [0.5, 0.6) is 0 Å². The van der Waals surface area contributed by atoms with Crippen molar-refractivity contribution >= 4 is 17.5 Å². The van der Waals surface area contributed by atoms with E-state index in [1.54, 1.807) is 13.1 Å². The minimum Gasteiger partial charge on any atom is -0.354 e. The Labute approximate surface area is 207 Å². The van der Waals surface area contributed by atoms with Gasteiger partial charge in [0.05, 0.1) is 17.6 Å². The van der Waals surface area contributed by atoms with Gasteiger partial charge in [-0.15, -0.1) is 0 Å². The molecule has 0 bridgehead atoms. The van der Waals surface area contributed by atoms with Crippen LogP contribution in [0.1, 0.15) is 57.6 Å². The molecule has 1 aliphatic carbocycles. The van der Waals surface area contributed by atoms with E-state index in [0.717, 1.165) is 53.6 Å². The van der Waals surface area contributed by atoms with E-state index >= 15 is 0 Å². The number of aromatic nitrogens is 1. The number of hydrogen-bond donors (Lipinski definition) is 3. The first-order valence-electron chi connectivity index (χ1n) is 12.4. The number of carbonyl (C=O) groups is 2. The van der Waals surface area contributed by atoms with Crippen LogP contribution in [0.4, 0.5) is 5.69 Å². The van der Waals surface area contributed by atoms with Gasteiger partial charge in [0.2, 0.25) is 11.8 Å². The summed E-state index contributed by atoms with van der Waals surface area (Å²) in [5.74, 6) is 0.355. The van der Waals surface area contributed by atoms with Gasteiger partial charge >= 0.3 is 0 Å². The summed E-state index contributed by atoms with van der Waals surface area (Å²) in [6, 6.07) is 20.5. The van der Waals surface area contributed by atoms with E-state index in [1.807, 2.05) is 55.5 Å². The average molecular weight is 471 g/mol. The van der Waals surface area contributed by atoms with Crippen molar-refractivity contribution in [3.63, 3.8) is 0 Å². The van der Waals surface area contributed by atoms with Crippen molar-refractivity contribution in [3.05, 3.63) is 72.4 Å². The number of carbonyl (C=O) groups excluding carboxylic acids is 2. The predicted octanol–water partition coefficient (Wildman–Crippen LogP) is 5.46. The normalized spacial score (nSPS) is 18.5. The molecular weight excluding hydrogens is 436 g/mol. The maximum absolute atomic E-state index is 12.8. The van der Waals surface area contributed by atoms with E-state index < -0.39 is 0 Å². The lowest BCUT2D eigenvalue weighted by molar-refractivity contribution is -0.120. The molecule has 6 heteroatoms. The largest absolute Gasteiger partial charge is 0.354 e. The van der Waals surface area contributed by atoms with Gasteiger partial charge in [-0.3, -0.25) is 14.6 Å². The zero-order valence-electron chi connectivity index (χ0n) is 20.5. The van der Waals surface area contributed by atoms with Crippen LogP contribution in [0.3, 0.4) is 0 Å². The molecular formula is C29H34N4O2. The van der Waals surface area contributed by atoms with E-state index in [4.69, 9.17) is 10.7 Å². The van der Waals surface area contributed by atoms with Gasteiger partial charge in [0.15, 0.2) is 0 Å². The fourth-order valence-electron chi connectivity index (χ4n) is 4.82. The molecule has 0 saturated heterocycles. The summed E-state index contributed by atoms with van der Waals surface area (Å²) in [5, 5.41) is 6.05. The number of pyridine rings is 1. The summed E-state index contributed by atoms with van der Waals surface area (Å²) >= 11 is 0. The average Bonchev–Trinajstić information content (AvgIpc) is 2.85. The van der Waals surface area contributed by atoms with Gasteiger partial charge in [0, 0.05) is 36.6 Å². The Bertz CT molecular complexity index is 1150. The Morgan fingerprint density at radius 3 is 2.31 bits per heavy atom. The van der Waals surface area contributed by atoms with Gasteiger partial charge in [0.1, 0.15) is 0 Å². The van der Waals surface area contributed by atoms with Crippen LogP contribution in [0.15, 0.2) is 66.9 Å². The maximum atomic E-state index is 12.8. The van der Waals surface area contributed by atoms with Crippen molar-refractivity contribution < 1.29 is 9.59 Å². The number of nitrogens with zero attached hydrogens (tertiary/aromatic N) is 1. The molecule has 1 fully saturated rings. The summed E-state index contributed by atoms with van der Waals surface area (Å²) in [6.45, 7) is 3.52. The van der Waals surface area contributed by atoms with Crippen LogP contribution in [-0.2, 0) is 9.59 Å². The molecule has 1 heterocycles. The second-order valence-electron chi connectivity index (χ2n) is 9.57. The van der Waals surface area contributed by atoms with Crippen molar-refractivity contribution in [2.75, 3.05) is 5.32 Å². The molecule has 0 radical (unpaired) electrons. The van der Waals surface area contributed by atoms with Gasteiger partial charge in [-0.1, -0.05) is 54.6 Å². The SMILES string of the molecule is CC(=O)N[C@H]1CC[C@H](CC(=O)Nc2cnc(-c3ccc(C(C)N)cc3)c(-c3ccccc3)c2)CC1. The van der Waals surface area contributed by atoms with Crippen LogP contribution in [0.25, 0.3) is 22.4 Å². The van der Waals surface area contributed by atoms with Crippen LogP contribution in [-0.4, -0.2) is 22.8 Å². The molecule has 35 heavy (non-hydrogen) atoms. The van der Waals surface area contributed by atoms with Crippen molar-refractivity contribution in [1.29, 1.82) is 0 Å². The van der Waals surface area contributed by atoms with Crippen LogP contribution >= 0.6 is 0 Å². The molecule has 6 nitrogen and oxygen atoms in total. The van der Waals surface area contributed by atoms with E-state index in [0.29, 0.717) is 18.0 Å². The second kappa shape index (κ2) is 11.3. The number of amides is 2. The molecule has 4 rings (SSSR count). The first-order valence-corrected chi connectivity index (χ1v) is 12.4. The maximum Gasteiger partial charge on any atom is 0.224 e. The number of hydrogen-bond acceptors (Lipinski definition) is 4. The number of rotatable bonds is 7. The molecule has 1 atom stereocenters. The first kappa shape index (κ1) is 24.6. The van der Waals surface area contributed by atoms with Crippen molar-refractivity contribution in [3.8, 4) is 22.4 Å². The van der Waals surface area contributed by atoms with Crippen molar-refractivity contribution in [2.24, 2.45) is 11.7 Å². The standard InChI is InChI=1S/C29H34N4O2/c1-19(30)22-10-12-24(13-11-22)29-27(23-6-4-3-5-7-23)17-26(18-31-29)33-28(35)16-21-8-14-25(15-9-21)32-20(2)34/h3-7,10-13,17-19,21,25H,8-9,14-16,30H2,1-2H3,(H,32,34)(H,33,35)/t19?,21-,25-. The lowest BCUT2D eigenvalue weighted by Crippen LogP contribution is -2.36. The Morgan fingerprint density at radius 2 is 1.69 bits per heavy atom. The molecule has 0 spiro atoms. The molecule has 1 aromatic heterocycles. The fourth-order valence-corrected chi connectivity index (χ4v) is 4.82. The van der Waals surface area contributed by atoms with Crippen LogP contribution in [0, 0.1) is 5.92 Å². The van der Waals surface area contributed by atoms with Gasteiger partial charge in [-0.2, -0.15) is 0 Å². The Hall–Kier alpha value is -3.51. The number of benzene rings is 2. The van der Waals surface area contributed by atoms with Crippen molar-refractivity contribution in [1.82, 2.24) is 10.3 Å². The van der Waals surface area contributed by atoms with Crippen LogP contribution in [0.2, 0.25) is 0 Å². The van der Waals surface area contributed by atoms with Gasteiger partial charge in [0.25, 0.3) is 0 Å². The molecule has 2 aromatic carbocycles. The molecule has 1 unspecified atom stereocenters. The quantitative estimate of drug-likeness (QED) is 0.427. The van der Waals surface area contributed by atoms with E-state index in [9.17, 15) is 9.59 Å². The van der Waals surface area contributed by atoms with Gasteiger partial charge in [-0.05, 0) is 55.7 Å². The zero-order valence-corrected chi connectivity index (χ0v) is 20.5. The summed E-state index contributed by atoms with van der Waals surface area (Å²) in [7, 11) is 0. The smallest absolute Gasteiger partial charge is 0.224 e. The third-order valence-corrected chi connectivity index (χ3v) is 6.69. The number of anilines is 1.